The summed E-state index contributed by atoms with van der Waals surface area (Å²) >= 11 is 0. The summed E-state index contributed by atoms with van der Waals surface area (Å²) in [6.45, 7) is 1.96. The lowest BCUT2D eigenvalue weighted by Crippen LogP contribution is -2.50. The third-order valence-electron chi connectivity index (χ3n) is 4.43. The molecule has 10 heteroatoms. The van der Waals surface area contributed by atoms with Gasteiger partial charge in [0, 0.05) is 25.1 Å². The van der Waals surface area contributed by atoms with Gasteiger partial charge in [-0.3, -0.25) is 9.59 Å². The van der Waals surface area contributed by atoms with Gasteiger partial charge in [-0.25, -0.2) is 0 Å². The van der Waals surface area contributed by atoms with E-state index in [-0.39, 0.29) is 25.9 Å². The average Bonchev–Trinajstić information content (AvgIpc) is 3.30. The van der Waals surface area contributed by atoms with Crippen molar-refractivity contribution in [3.8, 4) is 11.5 Å². The van der Waals surface area contributed by atoms with Gasteiger partial charge in [-0.1, -0.05) is 17.7 Å². The summed E-state index contributed by atoms with van der Waals surface area (Å²) in [5.74, 6) is -1.95. The summed E-state index contributed by atoms with van der Waals surface area (Å²) in [5.41, 5.74) is 1.81. The third-order valence-corrected chi connectivity index (χ3v) is 4.43. The number of rotatable bonds is 5. The van der Waals surface area contributed by atoms with Gasteiger partial charge in [0.25, 0.3) is 0 Å². The number of carbonyl (C=O) groups excluding carboxylic acids is 2. The number of carbonyl (C=O) groups is 2. The number of hydrogen-bond acceptors (Lipinski definition) is 5. The summed E-state index contributed by atoms with van der Waals surface area (Å²) in [7, 11) is 0. The SMILES string of the molecule is Cc1cccc(-c2nnc(CCNC(=O)C3CCCN3C(=O)C(F)(F)F)o2)c1. The van der Waals surface area contributed by atoms with E-state index >= 15 is 0 Å². The Morgan fingerprint density at radius 2 is 2.11 bits per heavy atom. The Balaban J connectivity index is 1.54. The van der Waals surface area contributed by atoms with E-state index in [0.717, 1.165) is 11.1 Å². The van der Waals surface area contributed by atoms with Gasteiger partial charge < -0.3 is 14.6 Å². The molecule has 7 nitrogen and oxygen atoms in total. The van der Waals surface area contributed by atoms with E-state index in [1.54, 1.807) is 0 Å². The first kappa shape index (κ1) is 19.8. The fourth-order valence-corrected chi connectivity index (χ4v) is 3.11. The topological polar surface area (TPSA) is 88.3 Å². The predicted octanol–water partition coefficient (Wildman–Crippen LogP) is 2.26. The normalized spacial score (nSPS) is 17.0. The molecule has 0 aliphatic carbocycles. The molecule has 1 atom stereocenters. The van der Waals surface area contributed by atoms with Crippen LogP contribution in [0.4, 0.5) is 13.2 Å². The van der Waals surface area contributed by atoms with Gasteiger partial charge in [-0.2, -0.15) is 13.2 Å². The van der Waals surface area contributed by atoms with E-state index in [4.69, 9.17) is 4.42 Å². The Hall–Kier alpha value is -2.91. The number of nitrogens with one attached hydrogen (secondary N) is 1. The molecule has 0 spiro atoms. The minimum atomic E-state index is -4.99. The van der Waals surface area contributed by atoms with E-state index in [0.29, 0.717) is 23.1 Å². The molecule has 3 rings (SSSR count). The Morgan fingerprint density at radius 3 is 2.82 bits per heavy atom. The first-order chi connectivity index (χ1) is 13.3. The lowest BCUT2D eigenvalue weighted by Gasteiger charge is -2.24. The van der Waals surface area contributed by atoms with Crippen LogP contribution >= 0.6 is 0 Å². The lowest BCUT2D eigenvalue weighted by atomic mass is 10.1. The summed E-state index contributed by atoms with van der Waals surface area (Å²) in [4.78, 5) is 24.2. The van der Waals surface area contributed by atoms with Crippen molar-refractivity contribution >= 4 is 11.8 Å². The van der Waals surface area contributed by atoms with E-state index in [2.05, 4.69) is 15.5 Å². The van der Waals surface area contributed by atoms with Crippen molar-refractivity contribution in [1.29, 1.82) is 0 Å². The molecule has 1 saturated heterocycles. The van der Waals surface area contributed by atoms with Crippen LogP contribution in [0.1, 0.15) is 24.3 Å². The first-order valence-corrected chi connectivity index (χ1v) is 8.80. The minimum absolute atomic E-state index is 0.0834. The maximum Gasteiger partial charge on any atom is 0.471 e. The highest BCUT2D eigenvalue weighted by Gasteiger charge is 2.47. The molecule has 28 heavy (non-hydrogen) atoms. The molecule has 1 aromatic heterocycles. The predicted molar refractivity (Wildman–Crippen MR) is 92.0 cm³/mol. The van der Waals surface area contributed by atoms with Crippen molar-refractivity contribution in [2.75, 3.05) is 13.1 Å². The number of aryl methyl sites for hydroxylation is 1. The van der Waals surface area contributed by atoms with E-state index in [1.807, 2.05) is 31.2 Å². The van der Waals surface area contributed by atoms with Gasteiger partial charge >= 0.3 is 12.1 Å². The molecule has 1 N–H and O–H groups in total. The number of alkyl halides is 3. The Labute approximate surface area is 158 Å². The number of aromatic nitrogens is 2. The summed E-state index contributed by atoms with van der Waals surface area (Å²) < 4.78 is 43.4. The maximum absolute atomic E-state index is 12.6. The molecule has 2 amide bonds. The number of benzene rings is 1. The van der Waals surface area contributed by atoms with Crippen LogP contribution in [0.25, 0.3) is 11.5 Å². The summed E-state index contributed by atoms with van der Waals surface area (Å²) in [5, 5.41) is 10.4. The van der Waals surface area contributed by atoms with Crippen LogP contribution in [0.2, 0.25) is 0 Å². The largest absolute Gasteiger partial charge is 0.471 e. The quantitative estimate of drug-likeness (QED) is 0.838. The molecular formula is C18H19F3N4O3. The van der Waals surface area contributed by atoms with Crippen LogP contribution in [0.5, 0.6) is 0 Å². The monoisotopic (exact) mass is 396 g/mol. The average molecular weight is 396 g/mol. The number of amides is 2. The van der Waals surface area contributed by atoms with E-state index in [9.17, 15) is 22.8 Å². The van der Waals surface area contributed by atoms with Crippen LogP contribution in [-0.2, 0) is 16.0 Å². The molecule has 0 saturated carbocycles. The molecule has 2 heterocycles. The fraction of sp³-hybridized carbons (Fsp3) is 0.444. The maximum atomic E-state index is 12.6. The number of halogens is 3. The zero-order valence-electron chi connectivity index (χ0n) is 15.1. The van der Waals surface area contributed by atoms with Crippen molar-refractivity contribution in [2.45, 2.75) is 38.4 Å². The minimum Gasteiger partial charge on any atom is -0.421 e. The second-order valence-corrected chi connectivity index (χ2v) is 6.57. The van der Waals surface area contributed by atoms with Crippen LogP contribution in [0.15, 0.2) is 28.7 Å². The highest BCUT2D eigenvalue weighted by atomic mass is 19.4. The molecule has 1 unspecified atom stereocenters. The van der Waals surface area contributed by atoms with Crippen LogP contribution in [0.3, 0.4) is 0 Å². The smallest absolute Gasteiger partial charge is 0.421 e. The third kappa shape index (κ3) is 4.49. The Bertz CT molecular complexity index is 866. The van der Waals surface area contributed by atoms with Gasteiger partial charge in [0.05, 0.1) is 0 Å². The Kier molecular flexibility index (Phi) is 5.66. The van der Waals surface area contributed by atoms with Crippen molar-refractivity contribution < 1.29 is 27.2 Å². The van der Waals surface area contributed by atoms with Crippen LogP contribution in [0, 0.1) is 6.92 Å². The van der Waals surface area contributed by atoms with E-state index in [1.165, 1.54) is 0 Å². The highest BCUT2D eigenvalue weighted by molar-refractivity contribution is 5.90. The molecule has 0 bridgehead atoms. The zero-order chi connectivity index (χ0) is 20.3. The number of nitrogens with zero attached hydrogens (tertiary/aromatic N) is 3. The molecule has 1 aliphatic rings. The zero-order valence-corrected chi connectivity index (χ0v) is 15.1. The molecule has 0 radical (unpaired) electrons. The molecule has 1 aromatic carbocycles. The van der Waals surface area contributed by atoms with Gasteiger partial charge in [0.1, 0.15) is 6.04 Å². The second-order valence-electron chi connectivity index (χ2n) is 6.57. The Morgan fingerprint density at radius 1 is 1.32 bits per heavy atom. The summed E-state index contributed by atoms with van der Waals surface area (Å²) in [6.07, 6.45) is -4.21. The highest BCUT2D eigenvalue weighted by Crippen LogP contribution is 2.25. The van der Waals surface area contributed by atoms with Crippen molar-refractivity contribution in [2.24, 2.45) is 0 Å². The number of likely N-dealkylation sites (tertiary alicyclic amines) is 1. The standard InChI is InChI=1S/C18H19F3N4O3/c1-11-4-2-5-12(10-11)16-24-23-14(28-16)7-8-22-15(26)13-6-3-9-25(13)17(27)18(19,20)21/h2,4-5,10,13H,3,6-9H2,1H3,(H,22,26). The van der Waals surface area contributed by atoms with Gasteiger partial charge in [0.15, 0.2) is 0 Å². The molecule has 150 valence electrons. The van der Waals surface area contributed by atoms with E-state index < -0.39 is 24.0 Å². The van der Waals surface area contributed by atoms with Crippen molar-refractivity contribution in [1.82, 2.24) is 20.4 Å². The molecule has 1 fully saturated rings. The molecule has 1 aliphatic heterocycles. The van der Waals surface area contributed by atoms with Crippen molar-refractivity contribution in [3.05, 3.63) is 35.7 Å². The van der Waals surface area contributed by atoms with Crippen molar-refractivity contribution in [3.63, 3.8) is 0 Å². The van der Waals surface area contributed by atoms with Gasteiger partial charge in [-0.05, 0) is 31.9 Å². The van der Waals surface area contributed by atoms with Gasteiger partial charge in [-0.15, -0.1) is 10.2 Å². The van der Waals surface area contributed by atoms with Crippen LogP contribution in [-0.4, -0.2) is 52.2 Å². The lowest BCUT2D eigenvalue weighted by molar-refractivity contribution is -0.186. The molecular weight excluding hydrogens is 377 g/mol. The fourth-order valence-electron chi connectivity index (χ4n) is 3.11. The molecule has 2 aromatic rings. The second kappa shape index (κ2) is 7.99. The van der Waals surface area contributed by atoms with Gasteiger partial charge in [0.2, 0.25) is 17.7 Å². The number of hydrogen-bond donors (Lipinski definition) is 1. The summed E-state index contributed by atoms with van der Waals surface area (Å²) in [6, 6.07) is 6.42. The van der Waals surface area contributed by atoms with Crippen LogP contribution < -0.4 is 5.32 Å². The first-order valence-electron chi connectivity index (χ1n) is 8.80.